The highest BCUT2D eigenvalue weighted by atomic mass is 32.1. The summed E-state index contributed by atoms with van der Waals surface area (Å²) in [4.78, 5) is 25.8. The average molecular weight is 401 g/mol. The molecule has 2 amide bonds. The van der Waals surface area contributed by atoms with Gasteiger partial charge in [0.05, 0.1) is 42.8 Å². The second-order valence-corrected chi connectivity index (χ2v) is 6.92. The second kappa shape index (κ2) is 9.27. The lowest BCUT2D eigenvalue weighted by atomic mass is 10.0. The van der Waals surface area contributed by atoms with E-state index in [1.807, 2.05) is 48.7 Å². The van der Waals surface area contributed by atoms with Crippen LogP contribution in [0.5, 0.6) is 5.75 Å². The van der Waals surface area contributed by atoms with Crippen LogP contribution in [-0.2, 0) is 9.53 Å². The molecule has 0 spiro atoms. The first kappa shape index (κ1) is 19.8. The van der Waals surface area contributed by atoms with E-state index in [0.29, 0.717) is 23.6 Å². The second-order valence-electron chi connectivity index (χ2n) is 5.94. The van der Waals surface area contributed by atoms with E-state index >= 15 is 0 Å². The van der Waals surface area contributed by atoms with E-state index in [4.69, 9.17) is 9.47 Å². The summed E-state index contributed by atoms with van der Waals surface area (Å²) >= 11 is 1.47. The van der Waals surface area contributed by atoms with E-state index in [9.17, 15) is 9.59 Å². The van der Waals surface area contributed by atoms with E-state index in [2.05, 4.69) is 16.0 Å². The fourth-order valence-corrected chi connectivity index (χ4v) is 3.74. The number of thiophene rings is 1. The minimum atomic E-state index is -0.549. The number of para-hydroxylation sites is 2. The highest BCUT2D eigenvalue weighted by Gasteiger charge is 2.34. The van der Waals surface area contributed by atoms with Crippen molar-refractivity contribution in [3.05, 3.63) is 57.9 Å². The summed E-state index contributed by atoms with van der Waals surface area (Å²) in [6.07, 6.45) is 0. The average Bonchev–Trinajstić information content (AvgIpc) is 3.22. The van der Waals surface area contributed by atoms with Crippen LogP contribution in [0.4, 0.5) is 10.5 Å². The number of hydrogen-bond acceptors (Lipinski definition) is 6. The number of esters is 1. The number of carbonyl (C=O) groups excluding carboxylic acids is 2. The Morgan fingerprint density at radius 2 is 2.00 bits per heavy atom. The molecule has 1 atom stereocenters. The molecule has 0 radical (unpaired) electrons. The van der Waals surface area contributed by atoms with Gasteiger partial charge in [0.25, 0.3) is 0 Å². The number of nitrogens with one attached hydrogen (secondary N) is 3. The molecule has 0 saturated heterocycles. The van der Waals surface area contributed by atoms with Crippen LogP contribution in [0.1, 0.15) is 24.8 Å². The maximum atomic E-state index is 12.7. The number of carbonyl (C=O) groups is 2. The zero-order valence-corrected chi connectivity index (χ0v) is 16.6. The van der Waals surface area contributed by atoms with Crippen LogP contribution in [0.15, 0.2) is 53.0 Å². The topological polar surface area (TPSA) is 88.7 Å². The number of amides is 2. The van der Waals surface area contributed by atoms with Crippen LogP contribution in [0.25, 0.3) is 0 Å². The molecule has 7 nitrogen and oxygen atoms in total. The van der Waals surface area contributed by atoms with Gasteiger partial charge < -0.3 is 25.4 Å². The molecule has 1 aromatic carbocycles. The van der Waals surface area contributed by atoms with Gasteiger partial charge >= 0.3 is 12.0 Å². The van der Waals surface area contributed by atoms with Gasteiger partial charge in [-0.1, -0.05) is 18.2 Å². The summed E-state index contributed by atoms with van der Waals surface area (Å²) in [7, 11) is 0. The first-order chi connectivity index (χ1) is 13.6. The Labute approximate surface area is 167 Å². The van der Waals surface area contributed by atoms with Gasteiger partial charge in [-0.05, 0) is 37.4 Å². The molecular weight excluding hydrogens is 378 g/mol. The summed E-state index contributed by atoms with van der Waals surface area (Å²) in [5, 5.41) is 10.7. The van der Waals surface area contributed by atoms with E-state index in [1.165, 1.54) is 11.3 Å². The van der Waals surface area contributed by atoms with Gasteiger partial charge in [0.2, 0.25) is 0 Å². The van der Waals surface area contributed by atoms with Crippen molar-refractivity contribution < 1.29 is 19.1 Å². The Balaban J connectivity index is 1.92. The molecule has 0 bridgehead atoms. The Kier molecular flexibility index (Phi) is 6.54. The van der Waals surface area contributed by atoms with Gasteiger partial charge in [-0.15, -0.1) is 11.3 Å². The number of urea groups is 1. The normalized spacial score (nSPS) is 16.2. The molecule has 0 unspecified atom stereocenters. The Morgan fingerprint density at radius 3 is 2.71 bits per heavy atom. The van der Waals surface area contributed by atoms with Gasteiger partial charge in [0, 0.05) is 4.88 Å². The highest BCUT2D eigenvalue weighted by molar-refractivity contribution is 7.10. The van der Waals surface area contributed by atoms with Crippen molar-refractivity contribution in [1.82, 2.24) is 10.6 Å². The molecule has 0 aliphatic carbocycles. The Bertz CT molecular complexity index is 864. The van der Waals surface area contributed by atoms with E-state index in [-0.39, 0.29) is 19.2 Å². The fraction of sp³-hybridized carbons (Fsp3) is 0.300. The van der Waals surface area contributed by atoms with Gasteiger partial charge in [0.15, 0.2) is 0 Å². The van der Waals surface area contributed by atoms with Crippen molar-refractivity contribution >= 4 is 29.0 Å². The van der Waals surface area contributed by atoms with Crippen LogP contribution < -0.4 is 20.7 Å². The van der Waals surface area contributed by atoms with E-state index in [0.717, 1.165) is 10.6 Å². The number of rotatable bonds is 8. The van der Waals surface area contributed by atoms with Crippen molar-refractivity contribution in [2.75, 3.05) is 25.1 Å². The largest absolute Gasteiger partial charge is 0.492 e. The lowest BCUT2D eigenvalue weighted by molar-refractivity contribution is -0.139. The highest BCUT2D eigenvalue weighted by Crippen LogP contribution is 2.31. The number of hydrogen-bond donors (Lipinski definition) is 3. The molecule has 28 heavy (non-hydrogen) atoms. The third kappa shape index (κ3) is 4.45. The Hall–Kier alpha value is -3.00. The molecule has 1 aliphatic heterocycles. The summed E-state index contributed by atoms with van der Waals surface area (Å²) in [6.45, 7) is 4.70. The summed E-state index contributed by atoms with van der Waals surface area (Å²) in [5.74, 6) is 0.252. The SMILES string of the molecule is CCOC(=O)C1=C(CNc2ccccc2OCC)NC(=O)N[C@@H]1c1cccs1. The van der Waals surface area contributed by atoms with Crippen molar-refractivity contribution in [2.24, 2.45) is 0 Å². The molecule has 8 heteroatoms. The summed E-state index contributed by atoms with van der Waals surface area (Å²) in [5.41, 5.74) is 1.65. The summed E-state index contributed by atoms with van der Waals surface area (Å²) < 4.78 is 10.9. The zero-order valence-electron chi connectivity index (χ0n) is 15.8. The molecule has 1 aliphatic rings. The van der Waals surface area contributed by atoms with Gasteiger partial charge in [-0.25, -0.2) is 9.59 Å². The number of benzene rings is 1. The van der Waals surface area contributed by atoms with Crippen molar-refractivity contribution in [3.63, 3.8) is 0 Å². The van der Waals surface area contributed by atoms with Gasteiger partial charge in [-0.2, -0.15) is 0 Å². The van der Waals surface area contributed by atoms with E-state index < -0.39 is 12.0 Å². The maximum absolute atomic E-state index is 12.7. The third-order valence-corrected chi connectivity index (χ3v) is 5.06. The van der Waals surface area contributed by atoms with Crippen LogP contribution >= 0.6 is 11.3 Å². The smallest absolute Gasteiger partial charge is 0.338 e. The zero-order chi connectivity index (χ0) is 19.9. The molecule has 2 aromatic rings. The third-order valence-electron chi connectivity index (χ3n) is 4.12. The molecular formula is C20H23N3O4S. The Morgan fingerprint density at radius 1 is 1.18 bits per heavy atom. The van der Waals surface area contributed by atoms with Crippen LogP contribution in [0, 0.1) is 0 Å². The van der Waals surface area contributed by atoms with Crippen LogP contribution in [-0.4, -0.2) is 31.8 Å². The molecule has 3 rings (SSSR count). The quantitative estimate of drug-likeness (QED) is 0.590. The molecule has 148 valence electrons. The standard InChI is InChI=1S/C20H23N3O4S/c1-3-26-15-9-6-5-8-13(15)21-12-14-17(19(24)27-4-2)18(23-20(25)22-14)16-10-7-11-28-16/h5-11,18,21H,3-4,12H2,1-2H3,(H2,22,23,25)/t18-/m1/s1. The monoisotopic (exact) mass is 401 g/mol. The van der Waals surface area contributed by atoms with Crippen molar-refractivity contribution in [3.8, 4) is 5.75 Å². The van der Waals surface area contributed by atoms with Gasteiger partial charge in [0.1, 0.15) is 5.75 Å². The molecule has 1 aromatic heterocycles. The first-order valence-electron chi connectivity index (χ1n) is 9.10. The predicted octanol–water partition coefficient (Wildman–Crippen LogP) is 3.43. The number of anilines is 1. The van der Waals surface area contributed by atoms with Crippen LogP contribution in [0.2, 0.25) is 0 Å². The van der Waals surface area contributed by atoms with Crippen LogP contribution in [0.3, 0.4) is 0 Å². The molecule has 0 saturated carbocycles. The van der Waals surface area contributed by atoms with Gasteiger partial charge in [-0.3, -0.25) is 0 Å². The fourth-order valence-electron chi connectivity index (χ4n) is 2.95. The minimum Gasteiger partial charge on any atom is -0.492 e. The van der Waals surface area contributed by atoms with Crippen molar-refractivity contribution in [1.29, 1.82) is 0 Å². The van der Waals surface area contributed by atoms with Crippen molar-refractivity contribution in [2.45, 2.75) is 19.9 Å². The lowest BCUT2D eigenvalue weighted by Crippen LogP contribution is -2.47. The molecule has 3 N–H and O–H groups in total. The molecule has 0 fully saturated rings. The minimum absolute atomic E-state index is 0.244. The maximum Gasteiger partial charge on any atom is 0.338 e. The first-order valence-corrected chi connectivity index (χ1v) is 9.98. The predicted molar refractivity (Wildman–Crippen MR) is 108 cm³/mol. The van der Waals surface area contributed by atoms with E-state index in [1.54, 1.807) is 6.92 Å². The number of ether oxygens (including phenoxy) is 2. The summed E-state index contributed by atoms with van der Waals surface area (Å²) in [6, 6.07) is 10.4. The lowest BCUT2D eigenvalue weighted by Gasteiger charge is -2.29. The molecule has 2 heterocycles.